The molecular formula is C6H5Cl2N3O2. The minimum Gasteiger partial charge on any atom is -0.265 e. The van der Waals surface area contributed by atoms with Crippen molar-refractivity contribution >= 4 is 23.2 Å². The number of hydrogen-bond acceptors (Lipinski definition) is 4. The van der Waals surface area contributed by atoms with E-state index in [2.05, 4.69) is 10.2 Å². The topological polar surface area (TPSA) is 68.9 Å². The van der Waals surface area contributed by atoms with Gasteiger partial charge in [-0.05, 0) is 6.07 Å². The third-order valence-electron chi connectivity index (χ3n) is 1.36. The van der Waals surface area contributed by atoms with Crippen molar-refractivity contribution in [2.24, 2.45) is 0 Å². The molecule has 0 aliphatic heterocycles. The zero-order chi connectivity index (χ0) is 9.84. The van der Waals surface area contributed by atoms with Gasteiger partial charge in [-0.15, -0.1) is 10.2 Å². The second-order valence-corrected chi connectivity index (χ2v) is 3.03. The predicted octanol–water partition coefficient (Wildman–Crippen LogP) is 1.60. The van der Waals surface area contributed by atoms with Gasteiger partial charge in [0.25, 0.3) is 0 Å². The third-order valence-corrected chi connectivity index (χ3v) is 1.86. The average molecular weight is 222 g/mol. The Labute approximate surface area is 83.8 Å². The number of nitro groups is 1. The number of halogens is 2. The van der Waals surface area contributed by atoms with E-state index in [1.807, 2.05) is 0 Å². The Bertz CT molecular complexity index is 332. The van der Waals surface area contributed by atoms with E-state index >= 15 is 0 Å². The summed E-state index contributed by atoms with van der Waals surface area (Å²) in [5.74, 6) is 0. The molecule has 0 amide bonds. The van der Waals surface area contributed by atoms with Gasteiger partial charge in [-0.2, -0.15) is 0 Å². The van der Waals surface area contributed by atoms with Crippen LogP contribution in [0, 0.1) is 10.1 Å². The molecule has 1 rings (SSSR count). The molecule has 1 aromatic heterocycles. The molecule has 0 unspecified atom stereocenters. The van der Waals surface area contributed by atoms with Crippen LogP contribution in [0.5, 0.6) is 0 Å². The van der Waals surface area contributed by atoms with E-state index in [-0.39, 0.29) is 23.3 Å². The Morgan fingerprint density at radius 1 is 1.46 bits per heavy atom. The number of nitrogens with zero attached hydrogens (tertiary/aromatic N) is 3. The van der Waals surface area contributed by atoms with E-state index in [0.29, 0.717) is 5.56 Å². The highest BCUT2D eigenvalue weighted by Crippen LogP contribution is 2.15. The minimum absolute atomic E-state index is 0.159. The summed E-state index contributed by atoms with van der Waals surface area (Å²) in [5.41, 5.74) is 0.540. The molecule has 0 saturated heterocycles. The van der Waals surface area contributed by atoms with E-state index in [4.69, 9.17) is 23.2 Å². The summed E-state index contributed by atoms with van der Waals surface area (Å²) in [6, 6.07) is 1.47. The maximum absolute atomic E-state index is 10.1. The maximum Gasteiger partial charge on any atom is 0.208 e. The van der Waals surface area contributed by atoms with Gasteiger partial charge in [-0.25, -0.2) is 0 Å². The van der Waals surface area contributed by atoms with Crippen LogP contribution in [0.15, 0.2) is 6.07 Å². The zero-order valence-electron chi connectivity index (χ0n) is 6.41. The van der Waals surface area contributed by atoms with Crippen molar-refractivity contribution in [1.29, 1.82) is 0 Å². The molecule has 70 valence electrons. The molecule has 7 heteroatoms. The number of aromatic nitrogens is 2. The standard InChI is InChI=1S/C6H5Cl2N3O2/c7-5-3-4(1-2-11(12)13)6(8)10-9-5/h3H,1-2H2. The fourth-order valence-corrected chi connectivity index (χ4v) is 1.13. The molecule has 1 heterocycles. The van der Waals surface area contributed by atoms with Crippen LogP contribution in [0.1, 0.15) is 5.56 Å². The molecular weight excluding hydrogens is 217 g/mol. The Kier molecular flexibility index (Phi) is 3.39. The van der Waals surface area contributed by atoms with E-state index in [0.717, 1.165) is 0 Å². The van der Waals surface area contributed by atoms with Gasteiger partial charge in [-0.1, -0.05) is 23.2 Å². The second-order valence-electron chi connectivity index (χ2n) is 2.29. The molecule has 0 fully saturated rings. The quantitative estimate of drug-likeness (QED) is 0.575. The zero-order valence-corrected chi connectivity index (χ0v) is 7.92. The highest BCUT2D eigenvalue weighted by molar-refractivity contribution is 6.31. The first-order valence-corrected chi connectivity index (χ1v) is 4.14. The van der Waals surface area contributed by atoms with Crippen LogP contribution in [0.3, 0.4) is 0 Å². The molecule has 0 aliphatic rings. The summed E-state index contributed by atoms with van der Waals surface area (Å²) in [6.45, 7) is -0.193. The van der Waals surface area contributed by atoms with E-state index in [1.165, 1.54) is 6.07 Å². The van der Waals surface area contributed by atoms with Crippen LogP contribution in [-0.4, -0.2) is 21.7 Å². The second kappa shape index (κ2) is 4.34. The molecule has 0 atom stereocenters. The highest BCUT2D eigenvalue weighted by Gasteiger charge is 2.07. The first-order valence-electron chi connectivity index (χ1n) is 3.39. The van der Waals surface area contributed by atoms with Gasteiger partial charge in [-0.3, -0.25) is 10.1 Å². The SMILES string of the molecule is O=[N+]([O-])CCc1cc(Cl)nnc1Cl. The summed E-state index contributed by atoms with van der Waals surface area (Å²) >= 11 is 11.2. The van der Waals surface area contributed by atoms with Crippen molar-refractivity contribution in [2.75, 3.05) is 6.54 Å². The summed E-state index contributed by atoms with van der Waals surface area (Å²) in [5, 5.41) is 17.4. The minimum atomic E-state index is -0.426. The molecule has 0 radical (unpaired) electrons. The summed E-state index contributed by atoms with van der Waals surface area (Å²) in [6.07, 6.45) is 0.209. The first-order chi connectivity index (χ1) is 6.09. The van der Waals surface area contributed by atoms with E-state index in [1.54, 1.807) is 0 Å². The smallest absolute Gasteiger partial charge is 0.208 e. The van der Waals surface area contributed by atoms with Crippen molar-refractivity contribution < 1.29 is 4.92 Å². The Hall–Kier alpha value is -0.940. The fraction of sp³-hybridized carbons (Fsp3) is 0.333. The lowest BCUT2D eigenvalue weighted by atomic mass is 10.2. The molecule has 13 heavy (non-hydrogen) atoms. The molecule has 0 bridgehead atoms. The van der Waals surface area contributed by atoms with Crippen LogP contribution >= 0.6 is 23.2 Å². The van der Waals surface area contributed by atoms with E-state index in [9.17, 15) is 10.1 Å². The first kappa shape index (κ1) is 10.1. The maximum atomic E-state index is 10.1. The monoisotopic (exact) mass is 221 g/mol. The lowest BCUT2D eigenvalue weighted by Gasteiger charge is -1.98. The summed E-state index contributed by atoms with van der Waals surface area (Å²) < 4.78 is 0. The molecule has 5 nitrogen and oxygen atoms in total. The van der Waals surface area contributed by atoms with Crippen LogP contribution in [0.4, 0.5) is 0 Å². The Balaban J connectivity index is 2.75. The molecule has 0 N–H and O–H groups in total. The molecule has 0 saturated carbocycles. The van der Waals surface area contributed by atoms with Gasteiger partial charge in [0.2, 0.25) is 6.54 Å². The molecule has 0 aromatic carbocycles. The average Bonchev–Trinajstić information content (AvgIpc) is 2.06. The van der Waals surface area contributed by atoms with Crippen molar-refractivity contribution in [3.05, 3.63) is 32.1 Å². The lowest BCUT2D eigenvalue weighted by molar-refractivity contribution is -0.479. The van der Waals surface area contributed by atoms with Gasteiger partial charge in [0, 0.05) is 16.9 Å². The third kappa shape index (κ3) is 3.12. The van der Waals surface area contributed by atoms with Crippen LogP contribution in [0.2, 0.25) is 10.3 Å². The number of hydrogen-bond donors (Lipinski definition) is 0. The van der Waals surface area contributed by atoms with Gasteiger partial charge in [0.1, 0.15) is 0 Å². The van der Waals surface area contributed by atoms with Gasteiger partial charge < -0.3 is 0 Å². The van der Waals surface area contributed by atoms with Crippen molar-refractivity contribution in [3.63, 3.8) is 0 Å². The Morgan fingerprint density at radius 2 is 2.15 bits per heavy atom. The van der Waals surface area contributed by atoms with Crippen LogP contribution in [-0.2, 0) is 6.42 Å². The predicted molar refractivity (Wildman–Crippen MR) is 47.6 cm³/mol. The van der Waals surface area contributed by atoms with Crippen molar-refractivity contribution in [2.45, 2.75) is 6.42 Å². The van der Waals surface area contributed by atoms with Crippen LogP contribution in [0.25, 0.3) is 0 Å². The van der Waals surface area contributed by atoms with Gasteiger partial charge >= 0.3 is 0 Å². The lowest BCUT2D eigenvalue weighted by Crippen LogP contribution is -2.05. The largest absolute Gasteiger partial charge is 0.265 e. The van der Waals surface area contributed by atoms with E-state index < -0.39 is 4.92 Å². The van der Waals surface area contributed by atoms with Crippen LogP contribution < -0.4 is 0 Å². The normalized spacial score (nSPS) is 10.0. The number of rotatable bonds is 3. The van der Waals surface area contributed by atoms with Gasteiger partial charge in [0.05, 0.1) is 0 Å². The molecule has 1 aromatic rings. The summed E-state index contributed by atoms with van der Waals surface area (Å²) in [7, 11) is 0. The van der Waals surface area contributed by atoms with Crippen molar-refractivity contribution in [1.82, 2.24) is 10.2 Å². The molecule has 0 aliphatic carbocycles. The molecule has 0 spiro atoms. The van der Waals surface area contributed by atoms with Gasteiger partial charge in [0.15, 0.2) is 10.3 Å². The fourth-order valence-electron chi connectivity index (χ4n) is 0.775. The summed E-state index contributed by atoms with van der Waals surface area (Å²) in [4.78, 5) is 9.64. The van der Waals surface area contributed by atoms with Crippen molar-refractivity contribution in [3.8, 4) is 0 Å². The Morgan fingerprint density at radius 3 is 2.77 bits per heavy atom. The highest BCUT2D eigenvalue weighted by atomic mass is 35.5.